The molecule has 2 aromatic rings. The Morgan fingerprint density at radius 1 is 1.00 bits per heavy atom. The smallest absolute Gasteiger partial charge is 0.106 e. The van der Waals surface area contributed by atoms with Crippen LogP contribution in [0.5, 0.6) is 0 Å². The number of nitrogens with two attached hydrogens (primary N) is 1. The normalized spacial score (nSPS) is 10.0. The number of benzene rings is 2. The van der Waals surface area contributed by atoms with E-state index in [9.17, 15) is 0 Å². The number of hydrogen-bond acceptors (Lipinski definition) is 3. The van der Waals surface area contributed by atoms with E-state index in [1.807, 2.05) is 56.6 Å². The molecule has 0 saturated carbocycles. The highest BCUT2D eigenvalue weighted by Crippen LogP contribution is 2.28. The zero-order valence-corrected chi connectivity index (χ0v) is 11.9. The quantitative estimate of drug-likeness (QED) is 0.838. The van der Waals surface area contributed by atoms with E-state index in [1.165, 1.54) is 0 Å². The van der Waals surface area contributed by atoms with Crippen molar-refractivity contribution in [1.29, 1.82) is 0 Å². The number of hydrogen-bond donors (Lipinski definition) is 2. The molecule has 0 aliphatic carbocycles. The average molecular weight is 271 g/mol. The van der Waals surface area contributed by atoms with Gasteiger partial charge in [0.15, 0.2) is 0 Å². The Labute approximate surface area is 119 Å². The van der Waals surface area contributed by atoms with Gasteiger partial charge in [-0.2, -0.15) is 0 Å². The second-order valence-corrected chi connectivity index (χ2v) is 4.89. The van der Waals surface area contributed by atoms with Gasteiger partial charge in [-0.25, -0.2) is 0 Å². The Balaban J connectivity index is 2.39. The van der Waals surface area contributed by atoms with Crippen LogP contribution in [0.1, 0.15) is 5.56 Å². The van der Waals surface area contributed by atoms with E-state index in [2.05, 4.69) is 16.3 Å². The minimum absolute atomic E-state index is 0.394. The summed E-state index contributed by atoms with van der Waals surface area (Å²) in [5.74, 6) is 0. The number of nitrogens with zero attached hydrogens (tertiary/aromatic N) is 1. The van der Waals surface area contributed by atoms with Crippen molar-refractivity contribution in [3.8, 4) is 0 Å². The van der Waals surface area contributed by atoms with Crippen molar-refractivity contribution >= 4 is 34.3 Å². The highest BCUT2D eigenvalue weighted by atomic mass is 32.1. The molecule has 0 aliphatic heterocycles. The van der Waals surface area contributed by atoms with E-state index >= 15 is 0 Å². The standard InChI is InChI=1S/C15H17N3S/c1-18(2)14-10-6-5-9-13(14)17-12-8-4-3-7-11(12)15(16)19/h3-10,17H,1-2H3,(H2,16,19). The van der Waals surface area contributed by atoms with Crippen LogP contribution in [0.4, 0.5) is 17.1 Å². The molecule has 2 aromatic carbocycles. The molecule has 0 amide bonds. The monoisotopic (exact) mass is 271 g/mol. The first-order valence-corrected chi connectivity index (χ1v) is 6.42. The van der Waals surface area contributed by atoms with E-state index in [0.717, 1.165) is 22.6 Å². The Morgan fingerprint density at radius 3 is 2.21 bits per heavy atom. The van der Waals surface area contributed by atoms with E-state index in [0.29, 0.717) is 4.99 Å². The topological polar surface area (TPSA) is 41.3 Å². The molecule has 0 fully saturated rings. The summed E-state index contributed by atoms with van der Waals surface area (Å²) in [6.07, 6.45) is 0. The molecule has 0 aliphatic rings. The van der Waals surface area contributed by atoms with Crippen LogP contribution in [-0.4, -0.2) is 19.1 Å². The Hall–Kier alpha value is -2.07. The Kier molecular flexibility index (Phi) is 4.02. The molecule has 19 heavy (non-hydrogen) atoms. The van der Waals surface area contributed by atoms with Gasteiger partial charge in [0.1, 0.15) is 4.99 Å². The maximum Gasteiger partial charge on any atom is 0.106 e. The van der Waals surface area contributed by atoms with Crippen molar-refractivity contribution in [1.82, 2.24) is 0 Å². The van der Waals surface area contributed by atoms with Crippen LogP contribution in [0.15, 0.2) is 48.5 Å². The van der Waals surface area contributed by atoms with E-state index < -0.39 is 0 Å². The van der Waals surface area contributed by atoms with Crippen LogP contribution in [0, 0.1) is 0 Å². The number of thiocarbonyl (C=S) groups is 1. The molecular weight excluding hydrogens is 254 g/mol. The van der Waals surface area contributed by atoms with Gasteiger partial charge in [-0.3, -0.25) is 0 Å². The molecule has 0 atom stereocenters. The Morgan fingerprint density at radius 2 is 1.58 bits per heavy atom. The molecule has 0 saturated heterocycles. The van der Waals surface area contributed by atoms with Crippen LogP contribution >= 0.6 is 12.2 Å². The van der Waals surface area contributed by atoms with Crippen molar-refractivity contribution in [3.05, 3.63) is 54.1 Å². The SMILES string of the molecule is CN(C)c1ccccc1Nc1ccccc1C(N)=S. The van der Waals surface area contributed by atoms with Gasteiger partial charge in [0.05, 0.1) is 11.4 Å². The zero-order chi connectivity index (χ0) is 13.8. The molecule has 3 N–H and O–H groups in total. The molecular formula is C15H17N3S. The van der Waals surface area contributed by atoms with Crippen molar-refractivity contribution < 1.29 is 0 Å². The van der Waals surface area contributed by atoms with Crippen LogP contribution in [0.3, 0.4) is 0 Å². The summed E-state index contributed by atoms with van der Waals surface area (Å²) in [6, 6.07) is 15.9. The van der Waals surface area contributed by atoms with Gasteiger partial charge in [-0.05, 0) is 24.3 Å². The summed E-state index contributed by atoms with van der Waals surface area (Å²) in [7, 11) is 4.03. The molecule has 0 heterocycles. The summed E-state index contributed by atoms with van der Waals surface area (Å²) in [5.41, 5.74) is 9.66. The summed E-state index contributed by atoms with van der Waals surface area (Å²) in [5, 5.41) is 3.39. The predicted octanol–water partition coefficient (Wildman–Crippen LogP) is 3.13. The molecule has 0 bridgehead atoms. The van der Waals surface area contributed by atoms with Crippen LogP contribution < -0.4 is 16.0 Å². The van der Waals surface area contributed by atoms with Gasteiger partial charge in [0.25, 0.3) is 0 Å². The molecule has 3 nitrogen and oxygen atoms in total. The molecule has 98 valence electrons. The third kappa shape index (κ3) is 3.03. The van der Waals surface area contributed by atoms with Crippen molar-refractivity contribution in [3.63, 3.8) is 0 Å². The highest BCUT2D eigenvalue weighted by molar-refractivity contribution is 7.80. The van der Waals surface area contributed by atoms with Gasteiger partial charge < -0.3 is 16.0 Å². The largest absolute Gasteiger partial charge is 0.389 e. The highest BCUT2D eigenvalue weighted by Gasteiger charge is 2.07. The maximum absolute atomic E-state index is 5.75. The molecule has 4 heteroatoms. The van der Waals surface area contributed by atoms with Crippen molar-refractivity contribution in [2.24, 2.45) is 5.73 Å². The minimum atomic E-state index is 0.394. The average Bonchev–Trinajstić information content (AvgIpc) is 2.39. The van der Waals surface area contributed by atoms with Crippen LogP contribution in [0.2, 0.25) is 0 Å². The lowest BCUT2D eigenvalue weighted by molar-refractivity contribution is 1.13. The predicted molar refractivity (Wildman–Crippen MR) is 86.4 cm³/mol. The Bertz CT molecular complexity index is 593. The lowest BCUT2D eigenvalue weighted by atomic mass is 10.1. The summed E-state index contributed by atoms with van der Waals surface area (Å²) in [4.78, 5) is 2.46. The van der Waals surface area contributed by atoms with E-state index in [4.69, 9.17) is 18.0 Å². The first kappa shape index (κ1) is 13.4. The van der Waals surface area contributed by atoms with Gasteiger partial charge in [0.2, 0.25) is 0 Å². The van der Waals surface area contributed by atoms with Crippen molar-refractivity contribution in [2.45, 2.75) is 0 Å². The molecule has 2 rings (SSSR count). The van der Waals surface area contributed by atoms with Gasteiger partial charge >= 0.3 is 0 Å². The van der Waals surface area contributed by atoms with Crippen molar-refractivity contribution in [2.75, 3.05) is 24.3 Å². The molecule has 0 spiro atoms. The van der Waals surface area contributed by atoms with Gasteiger partial charge in [-0.15, -0.1) is 0 Å². The maximum atomic E-state index is 5.75. The summed E-state index contributed by atoms with van der Waals surface area (Å²) < 4.78 is 0. The lowest BCUT2D eigenvalue weighted by Crippen LogP contribution is -2.13. The number of nitrogens with one attached hydrogen (secondary N) is 1. The fourth-order valence-corrected chi connectivity index (χ4v) is 2.10. The molecule has 0 radical (unpaired) electrons. The second-order valence-electron chi connectivity index (χ2n) is 4.45. The lowest BCUT2D eigenvalue weighted by Gasteiger charge is -2.19. The molecule has 0 unspecified atom stereocenters. The third-order valence-corrected chi connectivity index (χ3v) is 3.07. The number of para-hydroxylation sites is 3. The van der Waals surface area contributed by atoms with E-state index in [1.54, 1.807) is 0 Å². The fourth-order valence-electron chi connectivity index (χ4n) is 1.92. The summed E-state index contributed by atoms with van der Waals surface area (Å²) in [6.45, 7) is 0. The molecule has 0 aromatic heterocycles. The fraction of sp³-hybridized carbons (Fsp3) is 0.133. The minimum Gasteiger partial charge on any atom is -0.389 e. The summed E-state index contributed by atoms with van der Waals surface area (Å²) >= 11 is 5.08. The second kappa shape index (κ2) is 5.71. The third-order valence-electron chi connectivity index (χ3n) is 2.85. The first-order valence-electron chi connectivity index (χ1n) is 6.02. The van der Waals surface area contributed by atoms with Crippen LogP contribution in [-0.2, 0) is 0 Å². The van der Waals surface area contributed by atoms with E-state index in [-0.39, 0.29) is 0 Å². The number of rotatable bonds is 4. The van der Waals surface area contributed by atoms with Crippen LogP contribution in [0.25, 0.3) is 0 Å². The van der Waals surface area contributed by atoms with Gasteiger partial charge in [-0.1, -0.05) is 36.5 Å². The number of anilines is 3. The van der Waals surface area contributed by atoms with Gasteiger partial charge in [0, 0.05) is 25.3 Å². The first-order chi connectivity index (χ1) is 9.09. The zero-order valence-electron chi connectivity index (χ0n) is 11.1.